The molecule has 3 heterocycles. The Kier molecular flexibility index (Phi) is 3.79. The topological polar surface area (TPSA) is 37.8 Å². The normalized spacial score (nSPS) is 19.3. The maximum Gasteiger partial charge on any atom is 0.143 e. The van der Waals surface area contributed by atoms with Gasteiger partial charge in [-0.05, 0) is 57.3 Å². The molecule has 3 nitrogen and oxygen atoms in total. The largest absolute Gasteiger partial charge is 0.309 e. The molecule has 3 rings (SSSR count). The Balaban J connectivity index is 1.92. The Morgan fingerprint density at radius 3 is 3.00 bits per heavy atom. The van der Waals surface area contributed by atoms with Crippen LogP contribution in [0.3, 0.4) is 0 Å². The second-order valence-electron chi connectivity index (χ2n) is 4.21. The summed E-state index contributed by atoms with van der Waals surface area (Å²) in [4.78, 5) is 9.12. The lowest BCUT2D eigenvalue weighted by Gasteiger charge is -2.05. The summed E-state index contributed by atoms with van der Waals surface area (Å²) in [6.45, 7) is 1.09. The van der Waals surface area contributed by atoms with Crippen molar-refractivity contribution in [3.05, 3.63) is 32.3 Å². The lowest BCUT2D eigenvalue weighted by molar-refractivity contribution is 0.632. The molecule has 18 heavy (non-hydrogen) atoms. The number of nitrogens with zero attached hydrogens (tertiary/aromatic N) is 2. The minimum atomic E-state index is 0.421. The minimum absolute atomic E-state index is 0.421. The van der Waals surface area contributed by atoms with Crippen LogP contribution in [-0.2, 0) is 0 Å². The van der Waals surface area contributed by atoms with Gasteiger partial charge in [-0.15, -0.1) is 11.3 Å². The van der Waals surface area contributed by atoms with Gasteiger partial charge < -0.3 is 5.32 Å². The van der Waals surface area contributed by atoms with Crippen molar-refractivity contribution in [3.63, 3.8) is 0 Å². The highest BCUT2D eigenvalue weighted by molar-refractivity contribution is 9.11. The fourth-order valence-electron chi connectivity index (χ4n) is 2.06. The lowest BCUT2D eigenvalue weighted by Crippen LogP contribution is -2.12. The van der Waals surface area contributed by atoms with Crippen molar-refractivity contribution in [2.45, 2.75) is 18.9 Å². The average molecular weight is 389 g/mol. The molecule has 0 saturated carbocycles. The first kappa shape index (κ1) is 12.7. The van der Waals surface area contributed by atoms with Gasteiger partial charge in [-0.1, -0.05) is 0 Å². The van der Waals surface area contributed by atoms with E-state index in [1.807, 2.05) is 6.07 Å². The third-order valence-corrected chi connectivity index (χ3v) is 4.86. The molecule has 94 valence electrons. The fraction of sp³-hybridized carbons (Fsp3) is 0.333. The van der Waals surface area contributed by atoms with Crippen LogP contribution in [0.5, 0.6) is 0 Å². The van der Waals surface area contributed by atoms with Crippen LogP contribution < -0.4 is 5.32 Å². The van der Waals surface area contributed by atoms with Gasteiger partial charge in [0.2, 0.25) is 0 Å². The molecular weight excluding hydrogens is 378 g/mol. The number of aromatic nitrogens is 2. The SMILES string of the molecule is Brc1cnc(-c2nc([C@@H]3CCCN3)cs2)c(Br)c1. The Morgan fingerprint density at radius 2 is 2.28 bits per heavy atom. The van der Waals surface area contributed by atoms with Crippen molar-refractivity contribution in [1.29, 1.82) is 0 Å². The third kappa shape index (κ3) is 2.52. The van der Waals surface area contributed by atoms with Gasteiger partial charge in [0.05, 0.1) is 11.7 Å². The van der Waals surface area contributed by atoms with E-state index in [1.165, 1.54) is 12.8 Å². The summed E-state index contributed by atoms with van der Waals surface area (Å²) < 4.78 is 1.93. The molecule has 1 atom stereocenters. The second kappa shape index (κ2) is 5.36. The Labute approximate surface area is 126 Å². The van der Waals surface area contributed by atoms with Gasteiger partial charge in [0.25, 0.3) is 0 Å². The van der Waals surface area contributed by atoms with Crippen molar-refractivity contribution < 1.29 is 0 Å². The number of rotatable bonds is 2. The van der Waals surface area contributed by atoms with Gasteiger partial charge in [0.1, 0.15) is 10.7 Å². The first-order valence-corrected chi connectivity index (χ1v) is 8.21. The molecular formula is C12H11Br2N3S. The van der Waals surface area contributed by atoms with E-state index in [2.05, 4.69) is 47.5 Å². The van der Waals surface area contributed by atoms with Gasteiger partial charge in [0.15, 0.2) is 0 Å². The van der Waals surface area contributed by atoms with E-state index >= 15 is 0 Å². The van der Waals surface area contributed by atoms with Crippen molar-refractivity contribution in [1.82, 2.24) is 15.3 Å². The summed E-state index contributed by atoms with van der Waals surface area (Å²) in [6, 6.07) is 2.42. The van der Waals surface area contributed by atoms with E-state index in [0.29, 0.717) is 6.04 Å². The lowest BCUT2D eigenvalue weighted by atomic mass is 10.2. The highest BCUT2D eigenvalue weighted by atomic mass is 79.9. The summed E-state index contributed by atoms with van der Waals surface area (Å²) >= 11 is 8.59. The zero-order chi connectivity index (χ0) is 12.5. The highest BCUT2D eigenvalue weighted by Gasteiger charge is 2.20. The number of pyridine rings is 1. The zero-order valence-corrected chi connectivity index (χ0v) is 13.5. The maximum absolute atomic E-state index is 4.70. The van der Waals surface area contributed by atoms with Crippen molar-refractivity contribution in [2.75, 3.05) is 6.54 Å². The number of nitrogens with one attached hydrogen (secondary N) is 1. The van der Waals surface area contributed by atoms with Crippen molar-refractivity contribution in [3.8, 4) is 10.7 Å². The quantitative estimate of drug-likeness (QED) is 0.839. The molecule has 0 aromatic carbocycles. The summed E-state index contributed by atoms with van der Waals surface area (Å²) in [5.41, 5.74) is 2.05. The molecule has 1 saturated heterocycles. The van der Waals surface area contributed by atoms with Gasteiger partial charge in [-0.25, -0.2) is 4.98 Å². The van der Waals surface area contributed by atoms with E-state index in [1.54, 1.807) is 17.5 Å². The second-order valence-corrected chi connectivity index (χ2v) is 6.84. The number of halogens is 2. The predicted molar refractivity (Wildman–Crippen MR) is 80.7 cm³/mol. The molecule has 1 fully saturated rings. The molecule has 2 aromatic heterocycles. The van der Waals surface area contributed by atoms with Crippen LogP contribution in [0.25, 0.3) is 10.7 Å². The maximum atomic E-state index is 4.70. The van der Waals surface area contributed by atoms with Gasteiger partial charge in [0, 0.05) is 20.5 Å². The van der Waals surface area contributed by atoms with Crippen LogP contribution in [0.15, 0.2) is 26.6 Å². The van der Waals surface area contributed by atoms with E-state index in [4.69, 9.17) is 4.98 Å². The highest BCUT2D eigenvalue weighted by Crippen LogP contribution is 2.33. The monoisotopic (exact) mass is 387 g/mol. The predicted octanol–water partition coefficient (Wildman–Crippen LogP) is 4.15. The van der Waals surface area contributed by atoms with Crippen LogP contribution in [-0.4, -0.2) is 16.5 Å². The summed E-state index contributed by atoms with van der Waals surface area (Å²) in [7, 11) is 0. The van der Waals surface area contributed by atoms with Crippen LogP contribution in [0.1, 0.15) is 24.6 Å². The molecule has 1 aliphatic heterocycles. The Hall–Kier alpha value is -0.300. The van der Waals surface area contributed by atoms with E-state index in [9.17, 15) is 0 Å². The van der Waals surface area contributed by atoms with Crippen LogP contribution >= 0.6 is 43.2 Å². The molecule has 0 spiro atoms. The molecule has 6 heteroatoms. The molecule has 0 amide bonds. The van der Waals surface area contributed by atoms with Crippen molar-refractivity contribution in [2.24, 2.45) is 0 Å². The first-order chi connectivity index (χ1) is 8.74. The third-order valence-electron chi connectivity index (χ3n) is 2.95. The molecule has 1 N–H and O–H groups in total. The molecule has 0 aliphatic carbocycles. The Morgan fingerprint density at radius 1 is 1.39 bits per heavy atom. The number of hydrogen-bond donors (Lipinski definition) is 1. The zero-order valence-electron chi connectivity index (χ0n) is 9.49. The average Bonchev–Trinajstić information content (AvgIpc) is 2.99. The van der Waals surface area contributed by atoms with Crippen LogP contribution in [0, 0.1) is 0 Å². The standard InChI is InChI=1S/C12H11Br2N3S/c13-7-4-8(14)11(16-5-7)12-17-10(6-18-12)9-2-1-3-15-9/h4-6,9,15H,1-3H2/t9-/m0/s1. The van der Waals surface area contributed by atoms with Gasteiger partial charge in [-0.3, -0.25) is 4.98 Å². The van der Waals surface area contributed by atoms with E-state index in [0.717, 1.165) is 31.9 Å². The number of thiazole rings is 1. The fourth-order valence-corrected chi connectivity index (χ4v) is 4.25. The van der Waals surface area contributed by atoms with Crippen molar-refractivity contribution >= 4 is 43.2 Å². The van der Waals surface area contributed by atoms with E-state index < -0.39 is 0 Å². The van der Waals surface area contributed by atoms with Gasteiger partial charge >= 0.3 is 0 Å². The van der Waals surface area contributed by atoms with Gasteiger partial charge in [-0.2, -0.15) is 0 Å². The molecule has 0 unspecified atom stereocenters. The summed E-state index contributed by atoms with van der Waals surface area (Å²) in [6.07, 6.45) is 4.21. The summed E-state index contributed by atoms with van der Waals surface area (Å²) in [5.74, 6) is 0. The van der Waals surface area contributed by atoms with Crippen LogP contribution in [0.4, 0.5) is 0 Å². The smallest absolute Gasteiger partial charge is 0.143 e. The molecule has 0 radical (unpaired) electrons. The number of hydrogen-bond acceptors (Lipinski definition) is 4. The molecule has 1 aliphatic rings. The Bertz CT molecular complexity index is 564. The first-order valence-electron chi connectivity index (χ1n) is 5.74. The molecule has 0 bridgehead atoms. The van der Waals surface area contributed by atoms with Crippen LogP contribution in [0.2, 0.25) is 0 Å². The molecule has 2 aromatic rings. The minimum Gasteiger partial charge on any atom is -0.309 e. The van der Waals surface area contributed by atoms with E-state index in [-0.39, 0.29) is 0 Å². The summed E-state index contributed by atoms with van der Waals surface area (Å²) in [5, 5.41) is 6.57.